The fourth-order valence-electron chi connectivity index (χ4n) is 3.21. The fraction of sp³-hybridized carbons (Fsp3) is 0.174. The number of rotatable bonds is 7. The molecule has 0 fully saturated rings. The molecule has 0 unspecified atom stereocenters. The van der Waals surface area contributed by atoms with Gasteiger partial charge in [-0.05, 0) is 41.5 Å². The molecule has 0 saturated carbocycles. The van der Waals surface area contributed by atoms with E-state index in [1.165, 1.54) is 0 Å². The normalized spacial score (nSPS) is 10.7. The zero-order valence-electron chi connectivity index (χ0n) is 16.7. The third-order valence-electron chi connectivity index (χ3n) is 4.62. The first-order chi connectivity index (χ1) is 14.7. The Bertz CT molecular complexity index is 1170. The van der Waals surface area contributed by atoms with Gasteiger partial charge in [0.1, 0.15) is 11.5 Å². The summed E-state index contributed by atoms with van der Waals surface area (Å²) in [5.41, 5.74) is 1.43. The first-order valence-electron chi connectivity index (χ1n) is 9.59. The first-order valence-corrected chi connectivity index (χ1v) is 9.59. The molecular weight excluding hydrogens is 382 g/mol. The molecule has 0 radical (unpaired) electrons. The van der Waals surface area contributed by atoms with Crippen molar-refractivity contribution in [3.63, 3.8) is 0 Å². The lowest BCUT2D eigenvalue weighted by Crippen LogP contribution is -2.14. The number of benzene rings is 3. The Labute approximate surface area is 173 Å². The van der Waals surface area contributed by atoms with E-state index < -0.39 is 0 Å². The number of carbonyl (C=O) groups excluding carboxylic acids is 1. The molecule has 152 valence electrons. The Hall–Kier alpha value is -3.87. The van der Waals surface area contributed by atoms with Crippen LogP contribution in [0.3, 0.4) is 0 Å². The number of ether oxygens (including phenoxy) is 2. The summed E-state index contributed by atoms with van der Waals surface area (Å²) < 4.78 is 16.4. The topological polar surface area (TPSA) is 86.5 Å². The van der Waals surface area contributed by atoms with Crippen LogP contribution in [0.2, 0.25) is 0 Å². The summed E-state index contributed by atoms with van der Waals surface area (Å²) in [6.07, 6.45) is 0.450. The number of nitrogens with one attached hydrogen (secondary N) is 1. The minimum Gasteiger partial charge on any atom is -0.497 e. The Balaban J connectivity index is 1.55. The van der Waals surface area contributed by atoms with E-state index in [1.54, 1.807) is 13.2 Å². The second kappa shape index (κ2) is 8.65. The van der Waals surface area contributed by atoms with Gasteiger partial charge in [0.05, 0.1) is 25.7 Å². The number of aromatic nitrogens is 2. The Morgan fingerprint density at radius 1 is 1.03 bits per heavy atom. The molecule has 0 aliphatic carbocycles. The quantitative estimate of drug-likeness (QED) is 0.490. The molecule has 4 rings (SSSR count). The van der Waals surface area contributed by atoms with Gasteiger partial charge in [-0.1, -0.05) is 47.6 Å². The van der Waals surface area contributed by atoms with Crippen LogP contribution < -0.4 is 14.8 Å². The summed E-state index contributed by atoms with van der Waals surface area (Å²) in [7, 11) is 1.62. The van der Waals surface area contributed by atoms with Gasteiger partial charge in [0.25, 0.3) is 5.91 Å². The van der Waals surface area contributed by atoms with E-state index in [1.807, 2.05) is 61.5 Å². The van der Waals surface area contributed by atoms with Crippen molar-refractivity contribution in [2.75, 3.05) is 19.0 Å². The van der Waals surface area contributed by atoms with Crippen LogP contribution in [0.1, 0.15) is 28.7 Å². The predicted octanol–water partition coefficient (Wildman–Crippen LogP) is 4.47. The molecule has 1 heterocycles. The lowest BCUT2D eigenvalue weighted by atomic mass is 10.0. The highest BCUT2D eigenvalue weighted by Gasteiger charge is 2.19. The van der Waals surface area contributed by atoms with Crippen molar-refractivity contribution < 1.29 is 18.7 Å². The van der Waals surface area contributed by atoms with Gasteiger partial charge < -0.3 is 13.9 Å². The van der Waals surface area contributed by atoms with Crippen LogP contribution in [0.4, 0.5) is 6.01 Å². The molecule has 0 atom stereocenters. The van der Waals surface area contributed by atoms with Crippen LogP contribution in [-0.4, -0.2) is 29.8 Å². The van der Waals surface area contributed by atoms with Crippen molar-refractivity contribution in [3.05, 3.63) is 77.7 Å². The molecule has 4 aromatic rings. The Morgan fingerprint density at radius 3 is 2.60 bits per heavy atom. The minimum atomic E-state index is -0.366. The van der Waals surface area contributed by atoms with Crippen molar-refractivity contribution >= 4 is 22.7 Å². The molecule has 1 aromatic heterocycles. The molecule has 7 heteroatoms. The number of methoxy groups -OCH3 is 1. The molecule has 0 spiro atoms. The van der Waals surface area contributed by atoms with E-state index in [9.17, 15) is 4.79 Å². The summed E-state index contributed by atoms with van der Waals surface area (Å²) >= 11 is 0. The van der Waals surface area contributed by atoms with Gasteiger partial charge in [-0.25, -0.2) is 0 Å². The number of carbonyl (C=O) groups is 1. The van der Waals surface area contributed by atoms with Gasteiger partial charge in [-0.2, -0.15) is 0 Å². The van der Waals surface area contributed by atoms with Gasteiger partial charge in [0.15, 0.2) is 0 Å². The van der Waals surface area contributed by atoms with Crippen molar-refractivity contribution in [1.82, 2.24) is 10.2 Å². The molecule has 0 saturated heterocycles. The van der Waals surface area contributed by atoms with E-state index >= 15 is 0 Å². The Morgan fingerprint density at radius 2 is 1.83 bits per heavy atom. The van der Waals surface area contributed by atoms with Crippen LogP contribution in [0.25, 0.3) is 10.8 Å². The van der Waals surface area contributed by atoms with E-state index in [2.05, 4.69) is 15.5 Å². The van der Waals surface area contributed by atoms with Crippen LogP contribution in [0, 0.1) is 0 Å². The van der Waals surface area contributed by atoms with E-state index in [-0.39, 0.29) is 11.9 Å². The second-order valence-corrected chi connectivity index (χ2v) is 6.57. The minimum absolute atomic E-state index is 0.0406. The molecule has 3 aromatic carbocycles. The predicted molar refractivity (Wildman–Crippen MR) is 113 cm³/mol. The average molecular weight is 403 g/mol. The molecule has 0 aliphatic rings. The Kier molecular flexibility index (Phi) is 5.61. The zero-order chi connectivity index (χ0) is 20.9. The number of nitrogens with zero attached hydrogens (tertiary/aromatic N) is 2. The first kappa shape index (κ1) is 19.4. The number of hydrogen-bond donors (Lipinski definition) is 1. The van der Waals surface area contributed by atoms with Crippen molar-refractivity contribution in [1.29, 1.82) is 0 Å². The summed E-state index contributed by atoms with van der Waals surface area (Å²) in [5, 5.41) is 12.4. The largest absolute Gasteiger partial charge is 0.497 e. The number of fused-ring (bicyclic) bond motifs is 1. The molecule has 7 nitrogen and oxygen atoms in total. The van der Waals surface area contributed by atoms with E-state index in [4.69, 9.17) is 13.9 Å². The molecule has 1 amide bonds. The lowest BCUT2D eigenvalue weighted by molar-refractivity contribution is 0.102. The third kappa shape index (κ3) is 4.10. The van der Waals surface area contributed by atoms with Crippen molar-refractivity contribution in [3.8, 4) is 11.5 Å². The molecule has 0 bridgehead atoms. The zero-order valence-corrected chi connectivity index (χ0v) is 16.7. The van der Waals surface area contributed by atoms with Crippen molar-refractivity contribution in [2.24, 2.45) is 0 Å². The van der Waals surface area contributed by atoms with E-state index in [0.717, 1.165) is 22.1 Å². The van der Waals surface area contributed by atoms with Crippen molar-refractivity contribution in [2.45, 2.75) is 13.3 Å². The lowest BCUT2D eigenvalue weighted by Gasteiger charge is -2.12. The van der Waals surface area contributed by atoms with Gasteiger partial charge in [-0.3, -0.25) is 10.1 Å². The van der Waals surface area contributed by atoms with E-state index in [0.29, 0.717) is 30.2 Å². The number of amides is 1. The van der Waals surface area contributed by atoms with Crippen LogP contribution in [-0.2, 0) is 6.42 Å². The van der Waals surface area contributed by atoms with Gasteiger partial charge in [0, 0.05) is 0 Å². The summed E-state index contributed by atoms with van der Waals surface area (Å²) in [6.45, 7) is 2.32. The highest BCUT2D eigenvalue weighted by Crippen LogP contribution is 2.29. The summed E-state index contributed by atoms with van der Waals surface area (Å²) in [4.78, 5) is 13.0. The molecule has 30 heavy (non-hydrogen) atoms. The van der Waals surface area contributed by atoms with Gasteiger partial charge >= 0.3 is 6.01 Å². The average Bonchev–Trinajstić information content (AvgIpc) is 3.20. The second-order valence-electron chi connectivity index (χ2n) is 6.57. The highest BCUT2D eigenvalue weighted by atomic mass is 16.5. The standard InChI is InChI=1S/C23H21N3O4/c1-3-29-19-13-10-16-6-4-5-7-18(16)21(19)22(27)24-23-26-25-20(30-23)14-15-8-11-17(28-2)12-9-15/h4-13H,3,14H2,1-2H3,(H,24,26,27). The van der Waals surface area contributed by atoms with Crippen LogP contribution in [0.5, 0.6) is 11.5 Å². The number of hydrogen-bond acceptors (Lipinski definition) is 6. The SMILES string of the molecule is CCOc1ccc2ccccc2c1C(=O)Nc1nnc(Cc2ccc(OC)cc2)o1. The maximum Gasteiger partial charge on any atom is 0.322 e. The molecule has 1 N–H and O–H groups in total. The van der Waals surface area contributed by atoms with Crippen LogP contribution >= 0.6 is 0 Å². The molecular formula is C23H21N3O4. The molecule has 0 aliphatic heterocycles. The fourth-order valence-corrected chi connectivity index (χ4v) is 3.21. The summed E-state index contributed by atoms with van der Waals surface area (Å²) in [6, 6.07) is 19.0. The maximum atomic E-state index is 13.0. The smallest absolute Gasteiger partial charge is 0.322 e. The van der Waals surface area contributed by atoms with Crippen LogP contribution in [0.15, 0.2) is 65.1 Å². The maximum absolute atomic E-state index is 13.0. The van der Waals surface area contributed by atoms with Gasteiger partial charge in [0.2, 0.25) is 5.89 Å². The van der Waals surface area contributed by atoms with Gasteiger partial charge in [-0.15, -0.1) is 5.10 Å². The highest BCUT2D eigenvalue weighted by molar-refractivity contribution is 6.14. The number of anilines is 1. The summed E-state index contributed by atoms with van der Waals surface area (Å²) in [5.74, 6) is 1.32. The third-order valence-corrected chi connectivity index (χ3v) is 4.62. The monoisotopic (exact) mass is 403 g/mol.